The van der Waals surface area contributed by atoms with Gasteiger partial charge in [0.05, 0.1) is 0 Å². The molecule has 1 saturated carbocycles. The van der Waals surface area contributed by atoms with Crippen LogP contribution in [0.1, 0.15) is 48.2 Å². The second-order valence-electron chi connectivity index (χ2n) is 6.60. The van der Waals surface area contributed by atoms with Gasteiger partial charge in [-0.1, -0.05) is 24.4 Å². The molecule has 3 rings (SSSR count). The van der Waals surface area contributed by atoms with E-state index < -0.39 is 5.82 Å². The number of anilines is 1. The number of hydrogen-bond donors (Lipinski definition) is 1. The Morgan fingerprint density at radius 2 is 1.92 bits per heavy atom. The Balaban J connectivity index is 1.75. The SMILES string of the molecule is Cc1cc(NC(=O)CN(C(=O)c2ccc(F)cc2)C2CCCCC2)no1. The molecule has 0 saturated heterocycles. The normalized spacial score (nSPS) is 14.8. The van der Waals surface area contributed by atoms with Crippen molar-refractivity contribution in [3.63, 3.8) is 0 Å². The van der Waals surface area contributed by atoms with Gasteiger partial charge in [0.1, 0.15) is 18.1 Å². The molecule has 1 heterocycles. The number of rotatable bonds is 5. The minimum Gasteiger partial charge on any atom is -0.360 e. The Labute approximate surface area is 151 Å². The zero-order valence-electron chi connectivity index (χ0n) is 14.7. The van der Waals surface area contributed by atoms with Gasteiger partial charge < -0.3 is 14.7 Å². The quantitative estimate of drug-likeness (QED) is 0.886. The highest BCUT2D eigenvalue weighted by Gasteiger charge is 2.28. The largest absolute Gasteiger partial charge is 0.360 e. The number of nitrogens with zero attached hydrogens (tertiary/aromatic N) is 2. The molecule has 1 N–H and O–H groups in total. The topological polar surface area (TPSA) is 75.4 Å². The molecule has 1 fully saturated rings. The van der Waals surface area contributed by atoms with Crippen LogP contribution in [0.3, 0.4) is 0 Å². The zero-order valence-corrected chi connectivity index (χ0v) is 14.7. The lowest BCUT2D eigenvalue weighted by Gasteiger charge is -2.34. The maximum Gasteiger partial charge on any atom is 0.254 e. The van der Waals surface area contributed by atoms with Gasteiger partial charge in [-0.05, 0) is 44.0 Å². The van der Waals surface area contributed by atoms with Gasteiger partial charge in [0.2, 0.25) is 5.91 Å². The predicted molar refractivity (Wildman–Crippen MR) is 94.2 cm³/mol. The van der Waals surface area contributed by atoms with Gasteiger partial charge in [-0.2, -0.15) is 0 Å². The summed E-state index contributed by atoms with van der Waals surface area (Å²) < 4.78 is 18.1. The van der Waals surface area contributed by atoms with Crippen LogP contribution in [0.25, 0.3) is 0 Å². The molecule has 1 aromatic heterocycles. The number of carbonyl (C=O) groups excluding carboxylic acids is 2. The van der Waals surface area contributed by atoms with Gasteiger partial charge in [-0.25, -0.2) is 4.39 Å². The first-order chi connectivity index (χ1) is 12.5. The van der Waals surface area contributed by atoms with Crippen LogP contribution in [0.15, 0.2) is 34.9 Å². The van der Waals surface area contributed by atoms with Gasteiger partial charge in [0, 0.05) is 17.7 Å². The third-order valence-corrected chi connectivity index (χ3v) is 4.58. The third kappa shape index (κ3) is 4.47. The van der Waals surface area contributed by atoms with Gasteiger partial charge in [-0.3, -0.25) is 9.59 Å². The smallest absolute Gasteiger partial charge is 0.254 e. The van der Waals surface area contributed by atoms with E-state index in [9.17, 15) is 14.0 Å². The van der Waals surface area contributed by atoms with Crippen LogP contribution in [0.4, 0.5) is 10.2 Å². The Morgan fingerprint density at radius 1 is 1.23 bits per heavy atom. The van der Waals surface area contributed by atoms with E-state index in [0.717, 1.165) is 32.1 Å². The standard InChI is InChI=1S/C19H22FN3O3/c1-13-11-17(22-26-13)21-18(24)12-23(16-5-3-2-4-6-16)19(25)14-7-9-15(20)10-8-14/h7-11,16H,2-6,12H2,1H3,(H,21,22,24). The fourth-order valence-corrected chi connectivity index (χ4v) is 3.28. The highest BCUT2D eigenvalue weighted by molar-refractivity contribution is 5.99. The second-order valence-corrected chi connectivity index (χ2v) is 6.60. The summed E-state index contributed by atoms with van der Waals surface area (Å²) in [6, 6.07) is 7.03. The Kier molecular flexibility index (Phi) is 5.65. The highest BCUT2D eigenvalue weighted by atomic mass is 19.1. The fourth-order valence-electron chi connectivity index (χ4n) is 3.28. The number of hydrogen-bond acceptors (Lipinski definition) is 4. The lowest BCUT2D eigenvalue weighted by Crippen LogP contribution is -2.45. The Hall–Kier alpha value is -2.70. The number of amides is 2. The van der Waals surface area contributed by atoms with E-state index >= 15 is 0 Å². The third-order valence-electron chi connectivity index (χ3n) is 4.58. The van der Waals surface area contributed by atoms with Gasteiger partial charge in [0.15, 0.2) is 5.82 Å². The number of halogens is 1. The maximum atomic E-state index is 13.2. The van der Waals surface area contributed by atoms with Crippen molar-refractivity contribution in [2.24, 2.45) is 0 Å². The van der Waals surface area contributed by atoms with Crippen molar-refractivity contribution >= 4 is 17.6 Å². The minimum atomic E-state index is -0.398. The molecule has 0 atom stereocenters. The van der Waals surface area contributed by atoms with Crippen molar-refractivity contribution in [2.75, 3.05) is 11.9 Å². The molecule has 1 aliphatic rings. The summed E-state index contributed by atoms with van der Waals surface area (Å²) >= 11 is 0. The van der Waals surface area contributed by atoms with E-state index in [0.29, 0.717) is 17.1 Å². The average Bonchev–Trinajstić information content (AvgIpc) is 3.05. The molecule has 1 aromatic carbocycles. The summed E-state index contributed by atoms with van der Waals surface area (Å²) in [5, 5.41) is 6.39. The molecule has 1 aliphatic carbocycles. The van der Waals surface area contributed by atoms with E-state index in [-0.39, 0.29) is 24.4 Å². The molecule has 0 spiro atoms. The van der Waals surface area contributed by atoms with Crippen molar-refractivity contribution in [2.45, 2.75) is 45.1 Å². The number of aryl methyl sites for hydroxylation is 1. The second kappa shape index (κ2) is 8.12. The Morgan fingerprint density at radius 3 is 2.54 bits per heavy atom. The number of benzene rings is 1. The Bertz CT molecular complexity index is 767. The molecule has 0 radical (unpaired) electrons. The van der Waals surface area contributed by atoms with Crippen molar-refractivity contribution in [1.29, 1.82) is 0 Å². The molecule has 0 bridgehead atoms. The summed E-state index contributed by atoms with van der Waals surface area (Å²) in [6.45, 7) is 1.65. The predicted octanol–water partition coefficient (Wildman–Crippen LogP) is 3.54. The van der Waals surface area contributed by atoms with Crippen LogP contribution in [0.2, 0.25) is 0 Å². The first-order valence-electron chi connectivity index (χ1n) is 8.82. The average molecular weight is 359 g/mol. The first kappa shape index (κ1) is 18.1. The molecule has 7 heteroatoms. The monoisotopic (exact) mass is 359 g/mol. The van der Waals surface area contributed by atoms with E-state index in [2.05, 4.69) is 10.5 Å². The van der Waals surface area contributed by atoms with E-state index in [1.807, 2.05) is 0 Å². The zero-order chi connectivity index (χ0) is 18.5. The minimum absolute atomic E-state index is 0.00565. The molecule has 2 aromatic rings. The van der Waals surface area contributed by atoms with Gasteiger partial charge >= 0.3 is 0 Å². The maximum absolute atomic E-state index is 13.2. The summed E-state index contributed by atoms with van der Waals surface area (Å²) in [7, 11) is 0. The number of carbonyl (C=O) groups is 2. The molecular formula is C19H22FN3O3. The lowest BCUT2D eigenvalue weighted by molar-refractivity contribution is -0.117. The molecule has 0 unspecified atom stereocenters. The van der Waals surface area contributed by atoms with E-state index in [4.69, 9.17) is 4.52 Å². The fraction of sp³-hybridized carbons (Fsp3) is 0.421. The van der Waals surface area contributed by atoms with Crippen molar-refractivity contribution in [3.05, 3.63) is 47.5 Å². The van der Waals surface area contributed by atoms with Crippen molar-refractivity contribution < 1.29 is 18.5 Å². The molecule has 138 valence electrons. The van der Waals surface area contributed by atoms with E-state index in [1.165, 1.54) is 24.3 Å². The van der Waals surface area contributed by atoms with Crippen LogP contribution in [0, 0.1) is 12.7 Å². The molecule has 26 heavy (non-hydrogen) atoms. The van der Waals surface area contributed by atoms with E-state index in [1.54, 1.807) is 17.9 Å². The molecule has 6 nitrogen and oxygen atoms in total. The van der Waals surface area contributed by atoms with Crippen molar-refractivity contribution in [1.82, 2.24) is 10.1 Å². The first-order valence-corrected chi connectivity index (χ1v) is 8.82. The van der Waals surface area contributed by atoms with Crippen LogP contribution < -0.4 is 5.32 Å². The van der Waals surface area contributed by atoms with Gasteiger partial charge in [0.25, 0.3) is 5.91 Å². The van der Waals surface area contributed by atoms with Gasteiger partial charge in [-0.15, -0.1) is 0 Å². The van der Waals surface area contributed by atoms with Crippen LogP contribution >= 0.6 is 0 Å². The summed E-state index contributed by atoms with van der Waals surface area (Å²) in [5.74, 6) is -0.0789. The molecule has 0 aliphatic heterocycles. The number of aromatic nitrogens is 1. The summed E-state index contributed by atoms with van der Waals surface area (Å²) in [4.78, 5) is 26.9. The van der Waals surface area contributed by atoms with Crippen LogP contribution in [0.5, 0.6) is 0 Å². The number of nitrogens with one attached hydrogen (secondary N) is 1. The van der Waals surface area contributed by atoms with Crippen LogP contribution in [-0.2, 0) is 4.79 Å². The van der Waals surface area contributed by atoms with Crippen molar-refractivity contribution in [3.8, 4) is 0 Å². The summed E-state index contributed by atoms with van der Waals surface area (Å²) in [6.07, 6.45) is 4.93. The summed E-state index contributed by atoms with van der Waals surface area (Å²) in [5.41, 5.74) is 0.377. The highest BCUT2D eigenvalue weighted by Crippen LogP contribution is 2.24. The molecule has 2 amide bonds. The van der Waals surface area contributed by atoms with Crippen LogP contribution in [-0.4, -0.2) is 34.5 Å². The lowest BCUT2D eigenvalue weighted by atomic mass is 9.93. The molecular weight excluding hydrogens is 337 g/mol.